The van der Waals surface area contributed by atoms with Gasteiger partial charge in [0.25, 0.3) is 0 Å². The second-order valence-electron chi connectivity index (χ2n) is 4.95. The SMILES string of the molecule is C=C/C(CC)=C(/C)C(=C)c1ccccc1CCCC. The molecule has 1 rings (SSSR count). The summed E-state index contributed by atoms with van der Waals surface area (Å²) in [5, 5.41) is 0. The average molecular weight is 254 g/mol. The minimum Gasteiger partial charge on any atom is -0.0988 e. The van der Waals surface area contributed by atoms with Crippen molar-refractivity contribution in [3.63, 3.8) is 0 Å². The van der Waals surface area contributed by atoms with E-state index in [1.54, 1.807) is 0 Å². The van der Waals surface area contributed by atoms with E-state index in [1.807, 2.05) is 6.08 Å². The van der Waals surface area contributed by atoms with E-state index >= 15 is 0 Å². The van der Waals surface area contributed by atoms with Crippen LogP contribution >= 0.6 is 0 Å². The van der Waals surface area contributed by atoms with Crippen molar-refractivity contribution in [2.45, 2.75) is 46.5 Å². The van der Waals surface area contributed by atoms with Crippen molar-refractivity contribution in [3.8, 4) is 0 Å². The Morgan fingerprint density at radius 3 is 2.47 bits per heavy atom. The second-order valence-corrected chi connectivity index (χ2v) is 4.95. The van der Waals surface area contributed by atoms with Gasteiger partial charge >= 0.3 is 0 Å². The molecule has 0 fully saturated rings. The number of benzene rings is 1. The van der Waals surface area contributed by atoms with E-state index in [-0.39, 0.29) is 0 Å². The summed E-state index contributed by atoms with van der Waals surface area (Å²) in [6.45, 7) is 14.8. The van der Waals surface area contributed by atoms with Gasteiger partial charge in [0.2, 0.25) is 0 Å². The van der Waals surface area contributed by atoms with Crippen molar-refractivity contribution in [2.75, 3.05) is 0 Å². The van der Waals surface area contributed by atoms with E-state index in [4.69, 9.17) is 0 Å². The Labute approximate surface area is 118 Å². The molecule has 0 aromatic heterocycles. The molecule has 1 aromatic carbocycles. The van der Waals surface area contributed by atoms with Crippen LogP contribution in [0.1, 0.15) is 51.2 Å². The monoisotopic (exact) mass is 254 g/mol. The van der Waals surface area contributed by atoms with Crippen LogP contribution in [0.2, 0.25) is 0 Å². The summed E-state index contributed by atoms with van der Waals surface area (Å²) in [5.74, 6) is 0. The first-order valence-corrected chi connectivity index (χ1v) is 7.25. The molecule has 0 heterocycles. The third-order valence-electron chi connectivity index (χ3n) is 3.70. The molecule has 0 heteroatoms. The minimum atomic E-state index is 1.01. The van der Waals surface area contributed by atoms with Crippen molar-refractivity contribution in [1.29, 1.82) is 0 Å². The number of allylic oxidation sites excluding steroid dienone is 4. The number of hydrogen-bond acceptors (Lipinski definition) is 0. The number of rotatable bonds is 7. The van der Waals surface area contributed by atoms with Crippen LogP contribution in [-0.2, 0) is 6.42 Å². The third-order valence-corrected chi connectivity index (χ3v) is 3.70. The van der Waals surface area contributed by atoms with Crippen LogP contribution in [-0.4, -0.2) is 0 Å². The van der Waals surface area contributed by atoms with Crippen molar-refractivity contribution >= 4 is 5.57 Å². The fourth-order valence-electron chi connectivity index (χ4n) is 2.36. The summed E-state index contributed by atoms with van der Waals surface area (Å²) in [6, 6.07) is 8.63. The molecule has 0 radical (unpaired) electrons. The maximum absolute atomic E-state index is 4.30. The molecule has 1 aromatic rings. The van der Waals surface area contributed by atoms with Crippen LogP contribution in [0.3, 0.4) is 0 Å². The molecule has 0 saturated carbocycles. The summed E-state index contributed by atoms with van der Waals surface area (Å²) in [5.41, 5.74) is 6.40. The van der Waals surface area contributed by atoms with Gasteiger partial charge < -0.3 is 0 Å². The molecule has 102 valence electrons. The van der Waals surface area contributed by atoms with Crippen molar-refractivity contribution in [1.82, 2.24) is 0 Å². The summed E-state index contributed by atoms with van der Waals surface area (Å²) < 4.78 is 0. The second kappa shape index (κ2) is 7.78. The first kappa shape index (κ1) is 15.5. The molecule has 0 N–H and O–H groups in total. The fourth-order valence-corrected chi connectivity index (χ4v) is 2.36. The molecular weight excluding hydrogens is 228 g/mol. The summed E-state index contributed by atoms with van der Waals surface area (Å²) >= 11 is 0. The van der Waals surface area contributed by atoms with E-state index in [2.05, 4.69) is 58.2 Å². The standard InChI is InChI=1S/C19H26/c1-6-9-12-18-13-10-11-14-19(18)16(5)15(4)17(7-2)8-3/h7,10-11,13-14H,2,5-6,8-9,12H2,1,3-4H3/b17-15+. The van der Waals surface area contributed by atoms with Gasteiger partial charge in [-0.15, -0.1) is 0 Å². The number of aryl methyl sites for hydroxylation is 1. The third kappa shape index (κ3) is 3.96. The van der Waals surface area contributed by atoms with Crippen LogP contribution in [0.15, 0.2) is 54.6 Å². The highest BCUT2D eigenvalue weighted by molar-refractivity contribution is 5.79. The van der Waals surface area contributed by atoms with Crippen LogP contribution in [0, 0.1) is 0 Å². The van der Waals surface area contributed by atoms with Crippen molar-refractivity contribution in [3.05, 3.63) is 65.8 Å². The lowest BCUT2D eigenvalue weighted by Gasteiger charge is -2.14. The summed E-state index contributed by atoms with van der Waals surface area (Å²) in [6.07, 6.45) is 6.55. The Bertz CT molecular complexity index is 475. The van der Waals surface area contributed by atoms with Gasteiger partial charge in [-0.2, -0.15) is 0 Å². The molecule has 0 atom stereocenters. The normalized spacial score (nSPS) is 11.9. The summed E-state index contributed by atoms with van der Waals surface area (Å²) in [7, 11) is 0. The van der Waals surface area contributed by atoms with Crippen LogP contribution < -0.4 is 0 Å². The van der Waals surface area contributed by atoms with Gasteiger partial charge in [-0.1, -0.05) is 63.8 Å². The highest BCUT2D eigenvalue weighted by atomic mass is 14.1. The van der Waals surface area contributed by atoms with E-state index in [9.17, 15) is 0 Å². The lowest BCUT2D eigenvalue weighted by atomic mass is 9.90. The first-order valence-electron chi connectivity index (χ1n) is 7.25. The number of hydrogen-bond donors (Lipinski definition) is 0. The zero-order valence-electron chi connectivity index (χ0n) is 12.6. The van der Waals surface area contributed by atoms with Gasteiger partial charge in [-0.05, 0) is 54.0 Å². The van der Waals surface area contributed by atoms with Crippen LogP contribution in [0.25, 0.3) is 5.57 Å². The van der Waals surface area contributed by atoms with Crippen molar-refractivity contribution in [2.24, 2.45) is 0 Å². The van der Waals surface area contributed by atoms with E-state index in [0.717, 1.165) is 18.4 Å². The lowest BCUT2D eigenvalue weighted by molar-refractivity contribution is 0.793. The molecule has 0 unspecified atom stereocenters. The van der Waals surface area contributed by atoms with E-state index in [1.165, 1.54) is 35.1 Å². The van der Waals surface area contributed by atoms with Gasteiger partial charge in [-0.25, -0.2) is 0 Å². The summed E-state index contributed by atoms with van der Waals surface area (Å²) in [4.78, 5) is 0. The average Bonchev–Trinajstić information content (AvgIpc) is 2.45. The molecule has 0 aliphatic carbocycles. The van der Waals surface area contributed by atoms with Gasteiger partial charge in [0.05, 0.1) is 0 Å². The van der Waals surface area contributed by atoms with Crippen LogP contribution in [0.4, 0.5) is 0 Å². The predicted octanol–water partition coefficient (Wildman–Crippen LogP) is 5.95. The first-order chi connectivity index (χ1) is 9.15. The maximum atomic E-state index is 4.30. The Hall–Kier alpha value is -1.56. The Morgan fingerprint density at radius 2 is 1.89 bits per heavy atom. The molecule has 0 amide bonds. The van der Waals surface area contributed by atoms with Gasteiger partial charge in [0, 0.05) is 0 Å². The molecule has 0 saturated heterocycles. The van der Waals surface area contributed by atoms with E-state index < -0.39 is 0 Å². The molecule has 0 bridgehead atoms. The lowest BCUT2D eigenvalue weighted by Crippen LogP contribution is -1.96. The van der Waals surface area contributed by atoms with E-state index in [0.29, 0.717) is 0 Å². The Balaban J connectivity index is 3.12. The molecule has 0 aliphatic rings. The Morgan fingerprint density at radius 1 is 1.21 bits per heavy atom. The van der Waals surface area contributed by atoms with Crippen LogP contribution in [0.5, 0.6) is 0 Å². The molecule has 0 nitrogen and oxygen atoms in total. The molecular formula is C19H26. The Kier molecular flexibility index (Phi) is 6.35. The zero-order chi connectivity index (χ0) is 14.3. The van der Waals surface area contributed by atoms with Gasteiger partial charge in [0.1, 0.15) is 0 Å². The predicted molar refractivity (Wildman–Crippen MR) is 87.3 cm³/mol. The largest absolute Gasteiger partial charge is 0.0988 e. The quantitative estimate of drug-likeness (QED) is 0.527. The molecule has 0 aliphatic heterocycles. The zero-order valence-corrected chi connectivity index (χ0v) is 12.6. The van der Waals surface area contributed by atoms with Gasteiger partial charge in [-0.3, -0.25) is 0 Å². The van der Waals surface area contributed by atoms with Gasteiger partial charge in [0.15, 0.2) is 0 Å². The van der Waals surface area contributed by atoms with Crippen molar-refractivity contribution < 1.29 is 0 Å². The molecule has 0 spiro atoms. The number of unbranched alkanes of at least 4 members (excludes halogenated alkanes) is 1. The smallest absolute Gasteiger partial charge is 0.0155 e. The topological polar surface area (TPSA) is 0 Å². The minimum absolute atomic E-state index is 1.01. The fraction of sp³-hybridized carbons (Fsp3) is 0.368. The highest BCUT2D eigenvalue weighted by Gasteiger charge is 2.08. The molecule has 19 heavy (non-hydrogen) atoms. The highest BCUT2D eigenvalue weighted by Crippen LogP contribution is 2.28. The maximum Gasteiger partial charge on any atom is -0.0155 e.